The molecule has 25 heavy (non-hydrogen) atoms. The molecule has 1 atom stereocenters. The number of nitrogens with one attached hydrogen (secondary N) is 1. The summed E-state index contributed by atoms with van der Waals surface area (Å²) in [5, 5.41) is 7.64. The zero-order chi connectivity index (χ0) is 18.0. The van der Waals surface area contributed by atoms with E-state index in [-0.39, 0.29) is 17.4 Å². The first kappa shape index (κ1) is 18.0. The largest absolute Gasteiger partial charge is 0.338 e. The van der Waals surface area contributed by atoms with Gasteiger partial charge in [0.25, 0.3) is 0 Å². The highest BCUT2D eigenvalue weighted by Gasteiger charge is 2.31. The molecule has 0 aliphatic carbocycles. The van der Waals surface area contributed by atoms with Crippen LogP contribution in [0.5, 0.6) is 0 Å². The molecule has 134 valence electrons. The Kier molecular flexibility index (Phi) is 5.16. The lowest BCUT2D eigenvalue weighted by Crippen LogP contribution is -2.39. The van der Waals surface area contributed by atoms with Crippen molar-refractivity contribution in [1.29, 1.82) is 0 Å². The van der Waals surface area contributed by atoms with E-state index >= 15 is 0 Å². The van der Waals surface area contributed by atoms with Gasteiger partial charge in [-0.3, -0.25) is 15.0 Å². The molecule has 3 rings (SSSR count). The number of aromatic nitrogens is 1. The van der Waals surface area contributed by atoms with E-state index in [4.69, 9.17) is 16.1 Å². The predicted molar refractivity (Wildman–Crippen MR) is 98.7 cm³/mol. The van der Waals surface area contributed by atoms with Crippen LogP contribution in [0.1, 0.15) is 44.9 Å². The molecule has 1 saturated heterocycles. The summed E-state index contributed by atoms with van der Waals surface area (Å²) in [7, 11) is 0. The van der Waals surface area contributed by atoms with Gasteiger partial charge in [0.2, 0.25) is 11.8 Å². The number of carbonyl (C=O) groups is 1. The van der Waals surface area contributed by atoms with Crippen molar-refractivity contribution in [2.24, 2.45) is 0 Å². The average molecular weight is 362 g/mol. The fourth-order valence-corrected chi connectivity index (χ4v) is 3.15. The van der Waals surface area contributed by atoms with Gasteiger partial charge in [0.1, 0.15) is 0 Å². The second-order valence-corrected chi connectivity index (χ2v) is 8.01. The lowest BCUT2D eigenvalue weighted by Gasteiger charge is -2.23. The topological polar surface area (TPSA) is 58.4 Å². The lowest BCUT2D eigenvalue weighted by atomic mass is 9.92. The molecule has 2 heterocycles. The minimum absolute atomic E-state index is 0.0388. The SMILES string of the molecule is CC(C)(C)c1cc(NC(=O)[C@@H]2CCCN2Cc2ccc(Cl)cc2)on1. The summed E-state index contributed by atoms with van der Waals surface area (Å²) in [5.41, 5.74) is 1.87. The predicted octanol–water partition coefficient (Wildman–Crippen LogP) is 4.23. The van der Waals surface area contributed by atoms with E-state index in [0.717, 1.165) is 42.2 Å². The van der Waals surface area contributed by atoms with Gasteiger partial charge in [-0.2, -0.15) is 0 Å². The summed E-state index contributed by atoms with van der Waals surface area (Å²) < 4.78 is 5.27. The van der Waals surface area contributed by atoms with Gasteiger partial charge >= 0.3 is 0 Å². The van der Waals surface area contributed by atoms with E-state index in [1.165, 1.54) is 0 Å². The molecular formula is C19H24ClN3O2. The number of anilines is 1. The first-order chi connectivity index (χ1) is 11.8. The minimum atomic E-state index is -0.154. The third-order valence-corrected chi connectivity index (χ3v) is 4.74. The Morgan fingerprint density at radius 3 is 2.72 bits per heavy atom. The summed E-state index contributed by atoms with van der Waals surface area (Å²) in [6.07, 6.45) is 1.86. The molecule has 1 aliphatic heterocycles. The number of likely N-dealkylation sites (tertiary alicyclic amines) is 1. The summed E-state index contributed by atoms with van der Waals surface area (Å²) in [6.45, 7) is 7.81. The molecule has 1 aliphatic rings. The average Bonchev–Trinajstić information content (AvgIpc) is 3.18. The van der Waals surface area contributed by atoms with Gasteiger partial charge in [-0.05, 0) is 37.1 Å². The Morgan fingerprint density at radius 1 is 1.36 bits per heavy atom. The molecule has 1 amide bonds. The number of rotatable bonds is 4. The van der Waals surface area contributed by atoms with E-state index < -0.39 is 0 Å². The van der Waals surface area contributed by atoms with Crippen LogP contribution in [0.4, 0.5) is 5.88 Å². The zero-order valence-corrected chi connectivity index (χ0v) is 15.6. The van der Waals surface area contributed by atoms with Crippen LogP contribution in [-0.4, -0.2) is 28.6 Å². The number of carbonyl (C=O) groups excluding carboxylic acids is 1. The van der Waals surface area contributed by atoms with E-state index in [9.17, 15) is 4.79 Å². The summed E-state index contributed by atoms with van der Waals surface area (Å²) in [4.78, 5) is 14.9. The molecule has 2 aromatic rings. The highest BCUT2D eigenvalue weighted by Crippen LogP contribution is 2.25. The van der Waals surface area contributed by atoms with Gasteiger partial charge in [-0.1, -0.05) is 49.7 Å². The fraction of sp³-hybridized carbons (Fsp3) is 0.474. The molecule has 1 N–H and O–H groups in total. The van der Waals surface area contributed by atoms with Crippen LogP contribution in [0.15, 0.2) is 34.9 Å². The van der Waals surface area contributed by atoms with Gasteiger partial charge in [0.05, 0.1) is 11.7 Å². The van der Waals surface area contributed by atoms with Crippen molar-refractivity contribution in [2.45, 2.75) is 51.6 Å². The first-order valence-electron chi connectivity index (χ1n) is 8.59. The number of benzene rings is 1. The van der Waals surface area contributed by atoms with Gasteiger partial charge in [0.15, 0.2) is 0 Å². The second kappa shape index (κ2) is 7.18. The molecule has 0 unspecified atom stereocenters. The van der Waals surface area contributed by atoms with Crippen molar-refractivity contribution in [2.75, 3.05) is 11.9 Å². The van der Waals surface area contributed by atoms with Crippen molar-refractivity contribution < 1.29 is 9.32 Å². The number of halogens is 1. The molecule has 0 radical (unpaired) electrons. The highest BCUT2D eigenvalue weighted by atomic mass is 35.5. The van der Waals surface area contributed by atoms with E-state index in [1.54, 1.807) is 6.07 Å². The van der Waals surface area contributed by atoms with Crippen LogP contribution < -0.4 is 5.32 Å². The van der Waals surface area contributed by atoms with E-state index in [0.29, 0.717) is 5.88 Å². The summed E-state index contributed by atoms with van der Waals surface area (Å²) in [6, 6.07) is 9.41. The lowest BCUT2D eigenvalue weighted by molar-refractivity contribution is -0.120. The molecule has 0 saturated carbocycles. The molecular weight excluding hydrogens is 338 g/mol. The molecule has 1 aromatic heterocycles. The van der Waals surface area contributed by atoms with Crippen LogP contribution in [0.2, 0.25) is 5.02 Å². The maximum Gasteiger partial charge on any atom is 0.244 e. The van der Waals surface area contributed by atoms with Crippen LogP contribution in [0.25, 0.3) is 0 Å². The first-order valence-corrected chi connectivity index (χ1v) is 8.97. The Morgan fingerprint density at radius 2 is 2.08 bits per heavy atom. The van der Waals surface area contributed by atoms with E-state index in [2.05, 4.69) is 36.1 Å². The monoisotopic (exact) mass is 361 g/mol. The maximum absolute atomic E-state index is 12.7. The van der Waals surface area contributed by atoms with Crippen molar-refractivity contribution in [1.82, 2.24) is 10.1 Å². The number of hydrogen-bond donors (Lipinski definition) is 1. The zero-order valence-electron chi connectivity index (χ0n) is 14.9. The minimum Gasteiger partial charge on any atom is -0.338 e. The molecule has 1 fully saturated rings. The Bertz CT molecular complexity index is 734. The quantitative estimate of drug-likeness (QED) is 0.885. The van der Waals surface area contributed by atoms with Gasteiger partial charge < -0.3 is 4.52 Å². The van der Waals surface area contributed by atoms with Crippen molar-refractivity contribution in [3.05, 3.63) is 46.6 Å². The number of amides is 1. The maximum atomic E-state index is 12.7. The van der Waals surface area contributed by atoms with Crippen LogP contribution in [0, 0.1) is 0 Å². The van der Waals surface area contributed by atoms with Gasteiger partial charge in [-0.25, -0.2) is 0 Å². The Balaban J connectivity index is 1.64. The molecule has 1 aromatic carbocycles. The third-order valence-electron chi connectivity index (χ3n) is 4.49. The van der Waals surface area contributed by atoms with E-state index in [1.807, 2.05) is 24.3 Å². The summed E-state index contributed by atoms with van der Waals surface area (Å²) >= 11 is 5.94. The molecule has 0 spiro atoms. The van der Waals surface area contributed by atoms with Gasteiger partial charge in [0, 0.05) is 23.0 Å². The van der Waals surface area contributed by atoms with Crippen LogP contribution in [0.3, 0.4) is 0 Å². The standard InChI is InChI=1S/C19H24ClN3O2/c1-19(2,3)16-11-17(25-22-16)21-18(24)15-5-4-10-23(15)12-13-6-8-14(20)9-7-13/h6-9,11,15H,4-5,10,12H2,1-3H3,(H,21,24)/t15-/m0/s1. The molecule has 0 bridgehead atoms. The normalized spacial score (nSPS) is 18.5. The number of nitrogens with zero attached hydrogens (tertiary/aromatic N) is 2. The second-order valence-electron chi connectivity index (χ2n) is 7.57. The molecule has 5 nitrogen and oxygen atoms in total. The van der Waals surface area contributed by atoms with Gasteiger partial charge in [-0.15, -0.1) is 0 Å². The summed E-state index contributed by atoms with van der Waals surface area (Å²) in [5.74, 6) is 0.372. The van der Waals surface area contributed by atoms with Crippen molar-refractivity contribution in [3.63, 3.8) is 0 Å². The third kappa shape index (κ3) is 4.41. The molecule has 6 heteroatoms. The Labute approximate surface area is 153 Å². The van der Waals surface area contributed by atoms with Crippen molar-refractivity contribution >= 4 is 23.4 Å². The Hall–Kier alpha value is -1.85. The highest BCUT2D eigenvalue weighted by molar-refractivity contribution is 6.30. The van der Waals surface area contributed by atoms with Crippen LogP contribution in [-0.2, 0) is 16.8 Å². The van der Waals surface area contributed by atoms with Crippen molar-refractivity contribution in [3.8, 4) is 0 Å². The smallest absolute Gasteiger partial charge is 0.244 e. The fourth-order valence-electron chi connectivity index (χ4n) is 3.03. The van der Waals surface area contributed by atoms with Crippen LogP contribution >= 0.6 is 11.6 Å². The number of hydrogen-bond acceptors (Lipinski definition) is 4.